The number of nitrogens with zero attached hydrogens (tertiary/aromatic N) is 3. The molecule has 1 fully saturated rings. The number of nitrogens with two attached hydrogens (primary N) is 1. The van der Waals surface area contributed by atoms with Gasteiger partial charge in [-0.05, 0) is 37.1 Å². The van der Waals surface area contributed by atoms with Gasteiger partial charge in [-0.3, -0.25) is 14.8 Å². The number of amides is 1. The summed E-state index contributed by atoms with van der Waals surface area (Å²) >= 11 is 0. The molecule has 0 spiro atoms. The number of pyridine rings is 2. The summed E-state index contributed by atoms with van der Waals surface area (Å²) in [7, 11) is 3.22. The number of hydrogen-bond donors (Lipinski definition) is 1. The van der Waals surface area contributed by atoms with Gasteiger partial charge in [0.15, 0.2) is 11.5 Å². The fourth-order valence-electron chi connectivity index (χ4n) is 3.89. The van der Waals surface area contributed by atoms with Crippen LogP contribution in [0.25, 0.3) is 10.9 Å². The second kappa shape index (κ2) is 7.95. The Morgan fingerprint density at radius 2 is 1.72 bits per heavy atom. The van der Waals surface area contributed by atoms with Crippen molar-refractivity contribution in [2.24, 2.45) is 0 Å². The van der Waals surface area contributed by atoms with Crippen LogP contribution in [0.5, 0.6) is 11.5 Å². The Morgan fingerprint density at radius 1 is 1.07 bits per heavy atom. The van der Waals surface area contributed by atoms with Crippen LogP contribution in [0.3, 0.4) is 0 Å². The zero-order valence-corrected chi connectivity index (χ0v) is 16.6. The lowest BCUT2D eigenvalue weighted by atomic mass is 9.91. The maximum Gasteiger partial charge on any atom is 0.253 e. The van der Waals surface area contributed by atoms with Gasteiger partial charge in [-0.25, -0.2) is 0 Å². The molecular weight excluding hydrogens is 368 g/mol. The van der Waals surface area contributed by atoms with Gasteiger partial charge in [0, 0.05) is 48.4 Å². The number of ether oxygens (including phenoxy) is 2. The Labute approximate surface area is 169 Å². The van der Waals surface area contributed by atoms with Gasteiger partial charge in [0.05, 0.1) is 31.1 Å². The predicted molar refractivity (Wildman–Crippen MR) is 111 cm³/mol. The number of hydrogen-bond acceptors (Lipinski definition) is 6. The first kappa shape index (κ1) is 19.0. The van der Waals surface area contributed by atoms with Crippen LogP contribution in [-0.4, -0.2) is 48.1 Å². The standard InChI is InChI=1S/C22H24N4O3/c1-28-19-12-16-11-17(23)21(25-18(16)13-20(19)29-2)14-5-9-26(10-6-14)22(27)15-3-7-24-8-4-15/h3-4,7-8,11-14H,5-6,9-10,23H2,1-2H3. The summed E-state index contributed by atoms with van der Waals surface area (Å²) in [6.07, 6.45) is 4.94. The number of piperidine rings is 1. The molecule has 0 atom stereocenters. The van der Waals surface area contributed by atoms with Crippen LogP contribution < -0.4 is 15.2 Å². The van der Waals surface area contributed by atoms with Crippen molar-refractivity contribution in [2.45, 2.75) is 18.8 Å². The summed E-state index contributed by atoms with van der Waals surface area (Å²) in [5.41, 5.74) is 9.39. The summed E-state index contributed by atoms with van der Waals surface area (Å²) in [6.45, 7) is 1.35. The lowest BCUT2D eigenvalue weighted by Crippen LogP contribution is -2.38. The Balaban J connectivity index is 1.55. The maximum atomic E-state index is 12.6. The molecule has 0 saturated carbocycles. The molecule has 4 rings (SSSR count). The topological polar surface area (TPSA) is 90.6 Å². The molecule has 3 aromatic rings. The van der Waals surface area contributed by atoms with E-state index in [-0.39, 0.29) is 11.8 Å². The van der Waals surface area contributed by atoms with Gasteiger partial charge in [-0.1, -0.05) is 0 Å². The van der Waals surface area contributed by atoms with Crippen molar-refractivity contribution in [3.05, 3.63) is 54.0 Å². The Kier molecular flexibility index (Phi) is 5.20. The molecule has 29 heavy (non-hydrogen) atoms. The van der Waals surface area contributed by atoms with Crippen LogP contribution in [-0.2, 0) is 0 Å². The van der Waals surface area contributed by atoms with Crippen molar-refractivity contribution in [3.8, 4) is 11.5 Å². The largest absolute Gasteiger partial charge is 0.493 e. The molecular formula is C22H24N4O3. The molecule has 1 aromatic carbocycles. The van der Waals surface area contributed by atoms with Crippen LogP contribution >= 0.6 is 0 Å². The number of anilines is 1. The van der Waals surface area contributed by atoms with E-state index in [0.717, 1.165) is 29.4 Å². The summed E-state index contributed by atoms with van der Waals surface area (Å²) in [6, 6.07) is 9.20. The number of carbonyl (C=O) groups excluding carboxylic acids is 1. The van der Waals surface area contributed by atoms with E-state index < -0.39 is 0 Å². The lowest BCUT2D eigenvalue weighted by molar-refractivity contribution is 0.0712. The number of benzene rings is 1. The monoisotopic (exact) mass is 392 g/mol. The average molecular weight is 392 g/mol. The molecule has 1 saturated heterocycles. The minimum Gasteiger partial charge on any atom is -0.493 e. The molecule has 0 unspecified atom stereocenters. The fourth-order valence-corrected chi connectivity index (χ4v) is 3.89. The third-order valence-corrected chi connectivity index (χ3v) is 5.48. The fraction of sp³-hybridized carbons (Fsp3) is 0.318. The number of carbonyl (C=O) groups is 1. The average Bonchev–Trinajstić information content (AvgIpc) is 2.78. The van der Waals surface area contributed by atoms with E-state index in [4.69, 9.17) is 20.2 Å². The molecule has 7 nitrogen and oxygen atoms in total. The molecule has 1 aliphatic rings. The van der Waals surface area contributed by atoms with Gasteiger partial charge >= 0.3 is 0 Å². The first-order valence-electron chi connectivity index (χ1n) is 9.62. The van der Waals surface area contributed by atoms with Crippen LogP contribution in [0.2, 0.25) is 0 Å². The second-order valence-corrected chi connectivity index (χ2v) is 7.17. The third kappa shape index (κ3) is 3.68. The number of rotatable bonds is 4. The Morgan fingerprint density at radius 3 is 2.38 bits per heavy atom. The molecule has 7 heteroatoms. The number of methoxy groups -OCH3 is 2. The van der Waals surface area contributed by atoms with Gasteiger partial charge in [0.2, 0.25) is 0 Å². The van der Waals surface area contributed by atoms with Crippen LogP contribution in [0, 0.1) is 0 Å². The Bertz CT molecular complexity index is 1030. The van der Waals surface area contributed by atoms with E-state index in [1.807, 2.05) is 23.1 Å². The highest BCUT2D eigenvalue weighted by Gasteiger charge is 2.27. The quantitative estimate of drug-likeness (QED) is 0.733. The number of nitrogen functional groups attached to an aromatic ring is 1. The van der Waals surface area contributed by atoms with Gasteiger partial charge in [0.25, 0.3) is 5.91 Å². The zero-order valence-electron chi connectivity index (χ0n) is 16.6. The van der Waals surface area contributed by atoms with Gasteiger partial charge in [0.1, 0.15) is 0 Å². The highest BCUT2D eigenvalue weighted by Crippen LogP contribution is 2.36. The molecule has 0 aliphatic carbocycles. The van der Waals surface area contributed by atoms with Crippen molar-refractivity contribution in [1.29, 1.82) is 0 Å². The first-order chi connectivity index (χ1) is 14.1. The number of likely N-dealkylation sites (tertiary alicyclic amines) is 1. The lowest BCUT2D eigenvalue weighted by Gasteiger charge is -2.32. The maximum absolute atomic E-state index is 12.6. The van der Waals surface area contributed by atoms with Crippen molar-refractivity contribution in [3.63, 3.8) is 0 Å². The van der Waals surface area contributed by atoms with Crippen molar-refractivity contribution in [2.75, 3.05) is 33.0 Å². The molecule has 2 N–H and O–H groups in total. The normalized spacial score (nSPS) is 14.8. The molecule has 1 aliphatic heterocycles. The molecule has 0 radical (unpaired) electrons. The number of fused-ring (bicyclic) bond motifs is 1. The van der Waals surface area contributed by atoms with Crippen LogP contribution in [0.4, 0.5) is 5.69 Å². The van der Waals surface area contributed by atoms with E-state index in [1.165, 1.54) is 0 Å². The molecule has 2 aromatic heterocycles. The second-order valence-electron chi connectivity index (χ2n) is 7.17. The first-order valence-corrected chi connectivity index (χ1v) is 9.62. The van der Waals surface area contributed by atoms with E-state index in [0.29, 0.717) is 35.8 Å². The molecule has 0 bridgehead atoms. The predicted octanol–water partition coefficient (Wildman–Crippen LogP) is 3.25. The Hall–Kier alpha value is -3.35. The number of aromatic nitrogens is 2. The van der Waals surface area contributed by atoms with Crippen molar-refractivity contribution in [1.82, 2.24) is 14.9 Å². The van der Waals surface area contributed by atoms with Crippen molar-refractivity contribution >= 4 is 22.5 Å². The minimum atomic E-state index is 0.0436. The molecule has 1 amide bonds. The molecule has 150 valence electrons. The summed E-state index contributed by atoms with van der Waals surface area (Å²) in [5, 5.41) is 0.911. The van der Waals surface area contributed by atoms with E-state index in [9.17, 15) is 4.79 Å². The third-order valence-electron chi connectivity index (χ3n) is 5.48. The van der Waals surface area contributed by atoms with Crippen LogP contribution in [0.1, 0.15) is 34.8 Å². The summed E-state index contributed by atoms with van der Waals surface area (Å²) in [5.74, 6) is 1.55. The van der Waals surface area contributed by atoms with Gasteiger partial charge < -0.3 is 20.1 Å². The summed E-state index contributed by atoms with van der Waals surface area (Å²) in [4.78, 5) is 23.3. The highest BCUT2D eigenvalue weighted by molar-refractivity contribution is 5.94. The van der Waals surface area contributed by atoms with E-state index in [2.05, 4.69) is 4.98 Å². The molecule has 3 heterocycles. The van der Waals surface area contributed by atoms with Gasteiger partial charge in [-0.15, -0.1) is 0 Å². The van der Waals surface area contributed by atoms with E-state index >= 15 is 0 Å². The van der Waals surface area contributed by atoms with Crippen LogP contribution in [0.15, 0.2) is 42.7 Å². The summed E-state index contributed by atoms with van der Waals surface area (Å²) < 4.78 is 10.8. The highest BCUT2D eigenvalue weighted by atomic mass is 16.5. The zero-order chi connectivity index (χ0) is 20.4. The van der Waals surface area contributed by atoms with Gasteiger partial charge in [-0.2, -0.15) is 0 Å². The minimum absolute atomic E-state index is 0.0436. The van der Waals surface area contributed by atoms with Crippen molar-refractivity contribution < 1.29 is 14.3 Å². The SMILES string of the molecule is COc1cc2cc(N)c(C3CCN(C(=O)c4ccncc4)CC3)nc2cc1OC. The van der Waals surface area contributed by atoms with E-state index in [1.54, 1.807) is 38.7 Å². The smallest absolute Gasteiger partial charge is 0.253 e.